The average Bonchev–Trinajstić information content (AvgIpc) is 2.42. The minimum atomic E-state index is -3.69. The zero-order valence-electron chi connectivity index (χ0n) is 12.9. The van der Waals surface area contributed by atoms with Crippen LogP contribution in [-0.2, 0) is 13.6 Å². The minimum absolute atomic E-state index is 0.290. The summed E-state index contributed by atoms with van der Waals surface area (Å²) in [5, 5.41) is 0. The van der Waals surface area contributed by atoms with E-state index in [0.29, 0.717) is 19.1 Å². The minimum Gasteiger partial charge on any atom is -0.302 e. The molecule has 0 unspecified atom stereocenters. The fourth-order valence-electron chi connectivity index (χ4n) is 2.57. The van der Waals surface area contributed by atoms with Gasteiger partial charge in [-0.2, -0.15) is 0 Å². The van der Waals surface area contributed by atoms with E-state index < -0.39 is 7.82 Å². The summed E-state index contributed by atoms with van der Waals surface area (Å²) in [6.45, 7) is 2.98. The first-order valence-corrected chi connectivity index (χ1v) is 9.75. The number of phosphoric ester groups is 1. The highest BCUT2D eigenvalue weighted by molar-refractivity contribution is 7.47. The topological polar surface area (TPSA) is 55.8 Å². The van der Waals surface area contributed by atoms with Crippen LogP contribution in [0.1, 0.15) is 77.6 Å². The van der Waals surface area contributed by atoms with E-state index in [4.69, 9.17) is 13.9 Å². The molecule has 0 aromatic rings. The Morgan fingerprint density at radius 1 is 0.900 bits per heavy atom. The lowest BCUT2D eigenvalue weighted by molar-refractivity contribution is 0.0539. The standard InChI is InChI=1S/C15H31O4P/c1-2-3-4-5-6-7-8-9-10-11-12-15-13-18-20(16,17)19-14-15/h15H,2-14H2,1H3,(H,16,17). The average molecular weight is 306 g/mol. The smallest absolute Gasteiger partial charge is 0.302 e. The summed E-state index contributed by atoms with van der Waals surface area (Å²) < 4.78 is 20.7. The van der Waals surface area contributed by atoms with Crippen molar-refractivity contribution in [2.45, 2.75) is 77.6 Å². The molecule has 1 saturated heterocycles. The third-order valence-electron chi connectivity index (χ3n) is 3.91. The van der Waals surface area contributed by atoms with Gasteiger partial charge in [-0.05, 0) is 6.42 Å². The van der Waals surface area contributed by atoms with Crippen molar-refractivity contribution in [3.05, 3.63) is 0 Å². The Balaban J connectivity index is 1.82. The monoisotopic (exact) mass is 306 g/mol. The Kier molecular flexibility index (Phi) is 9.79. The summed E-state index contributed by atoms with van der Waals surface area (Å²) in [5.41, 5.74) is 0. The molecule has 0 spiro atoms. The molecule has 0 radical (unpaired) electrons. The van der Waals surface area contributed by atoms with Gasteiger partial charge in [0.25, 0.3) is 0 Å². The summed E-state index contributed by atoms with van der Waals surface area (Å²) in [4.78, 5) is 9.05. The highest BCUT2D eigenvalue weighted by Gasteiger charge is 2.29. The highest BCUT2D eigenvalue weighted by Crippen LogP contribution is 2.47. The van der Waals surface area contributed by atoms with Crippen molar-refractivity contribution >= 4 is 7.82 Å². The summed E-state index contributed by atoms with van der Waals surface area (Å²) in [6, 6.07) is 0. The van der Waals surface area contributed by atoms with Gasteiger partial charge < -0.3 is 4.89 Å². The third-order valence-corrected chi connectivity index (χ3v) is 4.86. The predicted molar refractivity (Wildman–Crippen MR) is 81.7 cm³/mol. The van der Waals surface area contributed by atoms with E-state index >= 15 is 0 Å². The van der Waals surface area contributed by atoms with E-state index in [2.05, 4.69) is 6.92 Å². The quantitative estimate of drug-likeness (QED) is 0.428. The van der Waals surface area contributed by atoms with Crippen LogP contribution < -0.4 is 0 Å². The summed E-state index contributed by atoms with van der Waals surface area (Å²) >= 11 is 0. The fourth-order valence-corrected chi connectivity index (χ4v) is 3.44. The second-order valence-electron chi connectivity index (χ2n) is 5.90. The van der Waals surface area contributed by atoms with Crippen molar-refractivity contribution in [3.63, 3.8) is 0 Å². The molecule has 0 atom stereocenters. The number of hydrogen-bond donors (Lipinski definition) is 1. The van der Waals surface area contributed by atoms with Gasteiger partial charge in [0.1, 0.15) is 0 Å². The van der Waals surface area contributed by atoms with Crippen LogP contribution in [0.25, 0.3) is 0 Å². The van der Waals surface area contributed by atoms with Crippen LogP contribution in [0.3, 0.4) is 0 Å². The number of hydrogen-bond acceptors (Lipinski definition) is 3. The maximum Gasteiger partial charge on any atom is 0.472 e. The van der Waals surface area contributed by atoms with Gasteiger partial charge in [-0.1, -0.05) is 71.1 Å². The number of rotatable bonds is 11. The molecule has 20 heavy (non-hydrogen) atoms. The molecule has 0 aromatic carbocycles. The molecule has 5 heteroatoms. The third kappa shape index (κ3) is 9.12. The van der Waals surface area contributed by atoms with E-state index in [1.165, 1.54) is 64.2 Å². The summed E-state index contributed by atoms with van der Waals surface area (Å²) in [7, 11) is -3.69. The van der Waals surface area contributed by atoms with Gasteiger partial charge in [0.2, 0.25) is 0 Å². The van der Waals surface area contributed by atoms with Crippen LogP contribution in [0.2, 0.25) is 0 Å². The van der Waals surface area contributed by atoms with E-state index in [-0.39, 0.29) is 0 Å². The molecule has 1 heterocycles. The zero-order chi connectivity index (χ0) is 14.7. The van der Waals surface area contributed by atoms with Crippen molar-refractivity contribution in [2.75, 3.05) is 13.2 Å². The lowest BCUT2D eigenvalue weighted by Crippen LogP contribution is -2.20. The molecule has 0 aliphatic carbocycles. The van der Waals surface area contributed by atoms with Crippen LogP contribution in [0.5, 0.6) is 0 Å². The van der Waals surface area contributed by atoms with E-state index in [0.717, 1.165) is 6.42 Å². The maximum absolute atomic E-state index is 11.0. The molecule has 4 nitrogen and oxygen atoms in total. The second-order valence-corrected chi connectivity index (χ2v) is 7.35. The molecular formula is C15H31O4P. The molecule has 0 aromatic heterocycles. The Morgan fingerprint density at radius 3 is 1.85 bits per heavy atom. The fraction of sp³-hybridized carbons (Fsp3) is 1.00. The first-order chi connectivity index (χ1) is 9.64. The Bertz CT molecular complexity index is 271. The van der Waals surface area contributed by atoms with Crippen LogP contribution in [0.4, 0.5) is 0 Å². The summed E-state index contributed by atoms with van der Waals surface area (Å²) in [6.07, 6.45) is 14.4. The molecule has 0 saturated carbocycles. The van der Waals surface area contributed by atoms with Gasteiger partial charge in [-0.25, -0.2) is 4.57 Å². The Hall–Kier alpha value is 0.110. The van der Waals surface area contributed by atoms with Gasteiger partial charge in [-0.15, -0.1) is 0 Å². The lowest BCUT2D eigenvalue weighted by Gasteiger charge is -2.24. The number of phosphoric acid groups is 1. The van der Waals surface area contributed by atoms with Crippen LogP contribution in [0, 0.1) is 5.92 Å². The first-order valence-electron chi connectivity index (χ1n) is 8.26. The molecule has 0 amide bonds. The Labute approximate surface area is 123 Å². The summed E-state index contributed by atoms with van der Waals surface area (Å²) in [5.74, 6) is 0.290. The van der Waals surface area contributed by atoms with Crippen molar-refractivity contribution in [1.29, 1.82) is 0 Å². The van der Waals surface area contributed by atoms with E-state index in [1.807, 2.05) is 0 Å². The molecule has 120 valence electrons. The van der Waals surface area contributed by atoms with E-state index in [1.54, 1.807) is 0 Å². The molecular weight excluding hydrogens is 275 g/mol. The van der Waals surface area contributed by atoms with Gasteiger partial charge in [-0.3, -0.25) is 9.05 Å². The van der Waals surface area contributed by atoms with Gasteiger partial charge in [0.05, 0.1) is 13.2 Å². The first kappa shape index (κ1) is 18.2. The Morgan fingerprint density at radius 2 is 1.35 bits per heavy atom. The van der Waals surface area contributed by atoms with Crippen LogP contribution in [-0.4, -0.2) is 18.1 Å². The SMILES string of the molecule is CCCCCCCCCCCCC1COP(=O)(O)OC1. The predicted octanol–water partition coefficient (Wildman–Crippen LogP) is 5.06. The molecule has 1 N–H and O–H groups in total. The molecule has 1 fully saturated rings. The molecule has 1 aliphatic heterocycles. The normalized spacial score (nSPS) is 26.8. The van der Waals surface area contributed by atoms with Gasteiger partial charge >= 0.3 is 7.82 Å². The molecule has 1 aliphatic rings. The second kappa shape index (κ2) is 10.8. The molecule has 1 rings (SSSR count). The van der Waals surface area contributed by atoms with Gasteiger partial charge in [0, 0.05) is 5.92 Å². The van der Waals surface area contributed by atoms with Crippen LogP contribution in [0.15, 0.2) is 0 Å². The zero-order valence-corrected chi connectivity index (χ0v) is 13.8. The van der Waals surface area contributed by atoms with Crippen molar-refractivity contribution in [2.24, 2.45) is 5.92 Å². The maximum atomic E-state index is 11.0. The van der Waals surface area contributed by atoms with Crippen LogP contribution >= 0.6 is 7.82 Å². The highest BCUT2D eigenvalue weighted by atomic mass is 31.2. The van der Waals surface area contributed by atoms with Crippen molar-refractivity contribution in [3.8, 4) is 0 Å². The van der Waals surface area contributed by atoms with Crippen molar-refractivity contribution in [1.82, 2.24) is 0 Å². The largest absolute Gasteiger partial charge is 0.472 e. The van der Waals surface area contributed by atoms with Gasteiger partial charge in [0.15, 0.2) is 0 Å². The lowest BCUT2D eigenvalue weighted by atomic mass is 10.0. The molecule has 0 bridgehead atoms. The number of unbranched alkanes of at least 4 members (excludes halogenated alkanes) is 9. The van der Waals surface area contributed by atoms with E-state index in [9.17, 15) is 4.57 Å². The van der Waals surface area contributed by atoms with Crippen molar-refractivity contribution < 1.29 is 18.5 Å².